The maximum atomic E-state index is 13.0. The Morgan fingerprint density at radius 2 is 1.81 bits per heavy atom. The number of amides is 2. The third kappa shape index (κ3) is 3.13. The molecule has 0 unspecified atom stereocenters. The molecule has 2 amide bonds. The van der Waals surface area contributed by atoms with Crippen molar-refractivity contribution in [1.82, 2.24) is 0 Å². The molecule has 2 aromatic carbocycles. The molecular formula is C17H15ClN2O5S. The Morgan fingerprint density at radius 1 is 1.15 bits per heavy atom. The average molecular weight is 395 g/mol. The third-order valence-electron chi connectivity index (χ3n) is 3.77. The number of rotatable bonds is 4. The van der Waals surface area contributed by atoms with Gasteiger partial charge < -0.3 is 4.74 Å². The molecule has 0 spiro atoms. The summed E-state index contributed by atoms with van der Waals surface area (Å²) in [4.78, 5) is 24.9. The van der Waals surface area contributed by atoms with Crippen LogP contribution < -0.4 is 13.9 Å². The topological polar surface area (TPSA) is 84.0 Å². The van der Waals surface area contributed by atoms with Gasteiger partial charge in [0.1, 0.15) is 17.3 Å². The number of anilines is 2. The van der Waals surface area contributed by atoms with E-state index in [0.29, 0.717) is 10.8 Å². The number of benzene rings is 2. The Morgan fingerprint density at radius 3 is 2.42 bits per heavy atom. The highest BCUT2D eigenvalue weighted by atomic mass is 35.5. The molecular weight excluding hydrogens is 380 g/mol. The smallest absolute Gasteiger partial charge is 0.342 e. The fourth-order valence-electron chi connectivity index (χ4n) is 2.52. The van der Waals surface area contributed by atoms with E-state index in [0.717, 1.165) is 4.31 Å². The molecule has 136 valence electrons. The van der Waals surface area contributed by atoms with Crippen molar-refractivity contribution in [2.45, 2.75) is 11.8 Å². The fourth-order valence-corrected chi connectivity index (χ4v) is 4.27. The van der Waals surface area contributed by atoms with Gasteiger partial charge in [0.15, 0.2) is 5.78 Å². The number of sulfonamides is 1. The lowest BCUT2D eigenvalue weighted by Gasteiger charge is -2.34. The van der Waals surface area contributed by atoms with Gasteiger partial charge in [0.2, 0.25) is 0 Å². The van der Waals surface area contributed by atoms with Crippen LogP contribution in [0.2, 0.25) is 5.02 Å². The Hall–Kier alpha value is -2.58. The molecule has 1 aliphatic heterocycles. The number of ether oxygens (including phenoxy) is 1. The number of ketones is 1. The van der Waals surface area contributed by atoms with Crippen LogP contribution in [0.25, 0.3) is 0 Å². The maximum absolute atomic E-state index is 13.0. The van der Waals surface area contributed by atoms with Crippen LogP contribution in [-0.2, 0) is 14.8 Å². The molecule has 0 atom stereocenters. The van der Waals surface area contributed by atoms with E-state index in [2.05, 4.69) is 0 Å². The van der Waals surface area contributed by atoms with Gasteiger partial charge in [-0.3, -0.25) is 9.69 Å². The molecule has 0 radical (unpaired) electrons. The predicted molar refractivity (Wildman–Crippen MR) is 97.5 cm³/mol. The first kappa shape index (κ1) is 18.2. The van der Waals surface area contributed by atoms with Gasteiger partial charge in [0, 0.05) is 18.1 Å². The van der Waals surface area contributed by atoms with Gasteiger partial charge in [-0.2, -0.15) is 4.31 Å². The van der Waals surface area contributed by atoms with Crippen LogP contribution in [0, 0.1) is 0 Å². The molecule has 0 aliphatic carbocycles. The Labute approximate surface area is 155 Å². The second-order valence-electron chi connectivity index (χ2n) is 5.71. The number of nitrogens with zero attached hydrogens (tertiary/aromatic N) is 2. The molecule has 0 aromatic heterocycles. The second-order valence-corrected chi connectivity index (χ2v) is 7.90. The summed E-state index contributed by atoms with van der Waals surface area (Å²) < 4.78 is 32.0. The van der Waals surface area contributed by atoms with E-state index in [-0.39, 0.29) is 28.7 Å². The van der Waals surface area contributed by atoms with Crippen LogP contribution in [0.4, 0.5) is 16.2 Å². The minimum atomic E-state index is -4.10. The van der Waals surface area contributed by atoms with Crippen molar-refractivity contribution >= 4 is 44.8 Å². The van der Waals surface area contributed by atoms with Gasteiger partial charge in [-0.05, 0) is 43.3 Å². The van der Waals surface area contributed by atoms with Crippen LogP contribution in [-0.4, -0.2) is 33.9 Å². The summed E-state index contributed by atoms with van der Waals surface area (Å²) in [7, 11) is -2.64. The number of carbonyl (C=O) groups is 2. The lowest BCUT2D eigenvalue weighted by molar-refractivity contribution is -0.118. The first-order valence-corrected chi connectivity index (χ1v) is 9.38. The van der Waals surface area contributed by atoms with Gasteiger partial charge in [-0.25, -0.2) is 13.2 Å². The van der Waals surface area contributed by atoms with Crippen LogP contribution >= 0.6 is 11.6 Å². The zero-order valence-corrected chi connectivity index (χ0v) is 15.5. The molecule has 0 N–H and O–H groups in total. The number of hydrogen-bond acceptors (Lipinski definition) is 5. The highest BCUT2D eigenvalue weighted by Crippen LogP contribution is 2.38. The van der Waals surface area contributed by atoms with E-state index in [1.165, 1.54) is 61.3 Å². The van der Waals surface area contributed by atoms with E-state index >= 15 is 0 Å². The molecule has 0 saturated carbocycles. The fraction of sp³-hybridized carbons (Fsp3) is 0.176. The van der Waals surface area contributed by atoms with Gasteiger partial charge in [0.05, 0.1) is 11.4 Å². The zero-order valence-electron chi connectivity index (χ0n) is 14.0. The molecule has 2 aromatic rings. The summed E-state index contributed by atoms with van der Waals surface area (Å²) in [5.74, 6) is 0.127. The van der Waals surface area contributed by atoms with Crippen molar-refractivity contribution in [3.63, 3.8) is 0 Å². The van der Waals surface area contributed by atoms with Crippen LogP contribution in [0.1, 0.15) is 6.92 Å². The van der Waals surface area contributed by atoms with E-state index in [4.69, 9.17) is 16.3 Å². The monoisotopic (exact) mass is 394 g/mol. The lowest BCUT2D eigenvalue weighted by Crippen LogP contribution is -2.49. The van der Waals surface area contributed by atoms with Gasteiger partial charge in [0.25, 0.3) is 10.0 Å². The van der Waals surface area contributed by atoms with E-state index in [9.17, 15) is 18.0 Å². The normalized spacial score (nSPS) is 15.6. The molecule has 1 aliphatic rings. The Balaban J connectivity index is 2.07. The van der Waals surface area contributed by atoms with Crippen molar-refractivity contribution < 1.29 is 22.7 Å². The largest absolute Gasteiger partial charge is 0.486 e. The Bertz CT molecular complexity index is 989. The van der Waals surface area contributed by atoms with E-state index in [1.54, 1.807) is 0 Å². The molecule has 0 bridgehead atoms. The maximum Gasteiger partial charge on any atom is 0.342 e. The minimum Gasteiger partial charge on any atom is -0.486 e. The van der Waals surface area contributed by atoms with Crippen molar-refractivity contribution in [3.05, 3.63) is 47.5 Å². The van der Waals surface area contributed by atoms with Crippen molar-refractivity contribution in [3.8, 4) is 5.75 Å². The number of halogens is 1. The van der Waals surface area contributed by atoms with E-state index < -0.39 is 16.1 Å². The van der Waals surface area contributed by atoms with Crippen LogP contribution in [0.5, 0.6) is 5.75 Å². The van der Waals surface area contributed by atoms with Gasteiger partial charge >= 0.3 is 6.03 Å². The number of hydrogen-bond donors (Lipinski definition) is 0. The second kappa shape index (κ2) is 6.62. The van der Waals surface area contributed by atoms with E-state index in [1.807, 2.05) is 0 Å². The molecule has 26 heavy (non-hydrogen) atoms. The summed E-state index contributed by atoms with van der Waals surface area (Å²) in [6.07, 6.45) is 0. The average Bonchev–Trinajstić information content (AvgIpc) is 2.59. The van der Waals surface area contributed by atoms with Crippen molar-refractivity contribution in [2.75, 3.05) is 22.9 Å². The first-order valence-electron chi connectivity index (χ1n) is 7.56. The Kier molecular flexibility index (Phi) is 4.64. The highest BCUT2D eigenvalue weighted by Gasteiger charge is 2.41. The van der Waals surface area contributed by atoms with Gasteiger partial charge in [-0.15, -0.1) is 0 Å². The van der Waals surface area contributed by atoms with Crippen molar-refractivity contribution in [2.24, 2.45) is 0 Å². The first-order chi connectivity index (χ1) is 12.2. The lowest BCUT2D eigenvalue weighted by atomic mass is 10.2. The number of urea groups is 1. The minimum absolute atomic E-state index is 0.0373. The predicted octanol–water partition coefficient (Wildman–Crippen LogP) is 3.07. The molecule has 1 heterocycles. The highest BCUT2D eigenvalue weighted by molar-refractivity contribution is 7.94. The number of carbonyl (C=O) groups excluding carboxylic acids is 2. The summed E-state index contributed by atoms with van der Waals surface area (Å²) in [5.41, 5.74) is 0.370. The SMILES string of the molecule is CC(=O)COc1ccc2c(c1)N(C)C(=O)N(c1ccc(Cl)cc1)S2(=O)=O. The molecule has 3 rings (SSSR count). The quantitative estimate of drug-likeness (QED) is 0.795. The summed E-state index contributed by atoms with van der Waals surface area (Å²) >= 11 is 5.84. The van der Waals surface area contributed by atoms with Gasteiger partial charge in [-0.1, -0.05) is 11.6 Å². The standard InChI is InChI=1S/C17H15ClN2O5S/c1-11(21)10-25-14-7-8-16-15(9-14)19(2)17(22)20(26(16,23)24)13-5-3-12(18)4-6-13/h3-9H,10H2,1-2H3. The molecule has 0 saturated heterocycles. The summed E-state index contributed by atoms with van der Waals surface area (Å²) in [5, 5.41) is 0.427. The molecule has 7 nitrogen and oxygen atoms in total. The van der Waals surface area contributed by atoms with Crippen LogP contribution in [0.3, 0.4) is 0 Å². The number of Topliss-reactive ketones (excluding diaryl/α,β-unsaturated/α-hetero) is 1. The summed E-state index contributed by atoms with van der Waals surface area (Å²) in [6, 6.07) is 9.43. The summed E-state index contributed by atoms with van der Waals surface area (Å²) in [6.45, 7) is 1.24. The number of fused-ring (bicyclic) bond motifs is 1. The zero-order chi connectivity index (χ0) is 19.1. The third-order valence-corrected chi connectivity index (χ3v) is 5.77. The molecule has 0 fully saturated rings. The molecule has 9 heteroatoms. The van der Waals surface area contributed by atoms with Crippen LogP contribution in [0.15, 0.2) is 47.4 Å². The van der Waals surface area contributed by atoms with Crippen molar-refractivity contribution in [1.29, 1.82) is 0 Å².